The van der Waals surface area contributed by atoms with Crippen molar-refractivity contribution < 1.29 is 14.6 Å². The van der Waals surface area contributed by atoms with Gasteiger partial charge in [0.15, 0.2) is 0 Å². The molecule has 7 heteroatoms. The zero-order valence-electron chi connectivity index (χ0n) is 13.8. The molecule has 132 valence electrons. The quantitative estimate of drug-likeness (QED) is 0.590. The number of benzene rings is 2. The lowest BCUT2D eigenvalue weighted by molar-refractivity contribution is 0.0698. The maximum Gasteiger partial charge on any atom is 0.337 e. The predicted octanol–water partition coefficient (Wildman–Crippen LogP) is 5.21. The Kier molecular flexibility index (Phi) is 5.65. The molecule has 26 heavy (non-hydrogen) atoms. The number of carbonyl (C=O) groups is 1. The van der Waals surface area contributed by atoms with Crippen LogP contribution in [0.2, 0.25) is 5.02 Å². The minimum atomic E-state index is -1.01. The van der Waals surface area contributed by atoms with Crippen molar-refractivity contribution in [1.29, 1.82) is 0 Å². The molecular weight excluding hydrogens is 372 g/mol. The van der Waals surface area contributed by atoms with Crippen LogP contribution in [0.1, 0.15) is 28.0 Å². The van der Waals surface area contributed by atoms with Gasteiger partial charge in [0, 0.05) is 10.4 Å². The molecule has 0 amide bonds. The lowest BCUT2D eigenvalue weighted by atomic mass is 10.2. The molecule has 0 saturated carbocycles. The second-order valence-electron chi connectivity index (χ2n) is 5.39. The average molecular weight is 387 g/mol. The summed E-state index contributed by atoms with van der Waals surface area (Å²) in [5.41, 5.74) is 1.91. The first-order valence-corrected chi connectivity index (χ1v) is 8.99. The molecule has 1 heterocycles. The van der Waals surface area contributed by atoms with Gasteiger partial charge in [0.2, 0.25) is 0 Å². The Morgan fingerprint density at radius 2 is 1.96 bits per heavy atom. The fourth-order valence-corrected chi connectivity index (χ4v) is 3.08. The highest BCUT2D eigenvalue weighted by Crippen LogP contribution is 2.22. The van der Waals surface area contributed by atoms with E-state index < -0.39 is 5.97 Å². The molecule has 0 atom stereocenters. The molecule has 0 aliphatic heterocycles. The van der Waals surface area contributed by atoms with Crippen molar-refractivity contribution in [2.75, 3.05) is 0 Å². The molecule has 2 aromatic carbocycles. The second-order valence-corrected chi connectivity index (χ2v) is 6.77. The average Bonchev–Trinajstić information content (AvgIpc) is 3.11. The molecule has 3 aromatic rings. The van der Waals surface area contributed by atoms with Crippen LogP contribution < -0.4 is 4.74 Å². The third-order valence-corrected chi connectivity index (χ3v) is 4.60. The third kappa shape index (κ3) is 4.47. The molecule has 3 rings (SSSR count). The van der Waals surface area contributed by atoms with Crippen LogP contribution in [0, 0.1) is 0 Å². The van der Waals surface area contributed by atoms with Gasteiger partial charge in [0.25, 0.3) is 0 Å². The number of aromatic carboxylic acids is 1. The highest BCUT2D eigenvalue weighted by molar-refractivity contribution is 7.09. The summed E-state index contributed by atoms with van der Waals surface area (Å²) in [5.74, 6) is -0.292. The van der Waals surface area contributed by atoms with Gasteiger partial charge in [-0.2, -0.15) is 0 Å². The van der Waals surface area contributed by atoms with Gasteiger partial charge in [-0.1, -0.05) is 23.7 Å². The highest BCUT2D eigenvalue weighted by Gasteiger charge is 2.10. The van der Waals surface area contributed by atoms with Gasteiger partial charge >= 0.3 is 5.97 Å². The molecule has 0 fully saturated rings. The molecular formula is C19H15ClN2O3S. The van der Waals surface area contributed by atoms with Gasteiger partial charge in [-0.25, -0.2) is 9.78 Å². The van der Waals surface area contributed by atoms with E-state index in [1.165, 1.54) is 17.4 Å². The Morgan fingerprint density at radius 1 is 1.23 bits per heavy atom. The third-order valence-electron chi connectivity index (χ3n) is 3.52. The molecule has 5 nitrogen and oxygen atoms in total. The monoisotopic (exact) mass is 386 g/mol. The lowest BCUT2D eigenvalue weighted by Crippen LogP contribution is -2.00. The number of carboxylic acid groups (broad SMARTS) is 1. The van der Waals surface area contributed by atoms with Crippen LogP contribution in [-0.2, 0) is 6.61 Å². The van der Waals surface area contributed by atoms with Crippen LogP contribution >= 0.6 is 22.9 Å². The highest BCUT2D eigenvalue weighted by atomic mass is 35.5. The minimum Gasteiger partial charge on any atom is -0.486 e. The number of aliphatic imine (C=N–C) groups is 1. The Bertz CT molecular complexity index is 951. The van der Waals surface area contributed by atoms with Crippen molar-refractivity contribution in [1.82, 2.24) is 4.98 Å². The van der Waals surface area contributed by atoms with E-state index in [2.05, 4.69) is 9.98 Å². The number of ether oxygens (including phenoxy) is 1. The molecule has 0 aliphatic rings. The molecule has 0 bridgehead atoms. The van der Waals surface area contributed by atoms with Gasteiger partial charge in [-0.3, -0.25) is 4.99 Å². The van der Waals surface area contributed by atoms with E-state index in [0.29, 0.717) is 34.5 Å². The van der Waals surface area contributed by atoms with E-state index in [9.17, 15) is 9.90 Å². The number of rotatable bonds is 6. The van der Waals surface area contributed by atoms with Crippen molar-refractivity contribution in [3.63, 3.8) is 0 Å². The maximum absolute atomic E-state index is 11.3. The van der Waals surface area contributed by atoms with Crippen LogP contribution in [0.5, 0.6) is 5.75 Å². The molecule has 1 N–H and O–H groups in total. The summed E-state index contributed by atoms with van der Waals surface area (Å²) >= 11 is 7.31. The van der Waals surface area contributed by atoms with E-state index in [0.717, 1.165) is 5.01 Å². The number of hydrogen-bond acceptors (Lipinski definition) is 5. The smallest absolute Gasteiger partial charge is 0.337 e. The minimum absolute atomic E-state index is 0.161. The van der Waals surface area contributed by atoms with Crippen LogP contribution in [0.3, 0.4) is 0 Å². The van der Waals surface area contributed by atoms with Crippen molar-refractivity contribution in [3.05, 3.63) is 75.2 Å². The molecule has 0 aliphatic carbocycles. The summed E-state index contributed by atoms with van der Waals surface area (Å²) in [7, 11) is 0. The number of halogens is 1. The Balaban J connectivity index is 1.72. The predicted molar refractivity (Wildman–Crippen MR) is 103 cm³/mol. The standard InChI is InChI=1S/C19H15ClN2O3S/c1-12(21-16-5-3-2-4-15(16)19(23)24)17-11-26-18(22-17)10-25-14-8-6-13(20)7-9-14/h2-9,11H,10H2,1H3,(H,23,24)/b21-12+. The first-order valence-electron chi connectivity index (χ1n) is 7.73. The first-order chi connectivity index (χ1) is 12.5. The van der Waals surface area contributed by atoms with Gasteiger partial charge < -0.3 is 9.84 Å². The van der Waals surface area contributed by atoms with Crippen molar-refractivity contribution in [2.45, 2.75) is 13.5 Å². The lowest BCUT2D eigenvalue weighted by Gasteiger charge is -2.03. The summed E-state index contributed by atoms with van der Waals surface area (Å²) in [6.45, 7) is 2.14. The number of para-hydroxylation sites is 1. The topological polar surface area (TPSA) is 71.8 Å². The zero-order chi connectivity index (χ0) is 18.5. The van der Waals surface area contributed by atoms with E-state index in [1.54, 1.807) is 49.4 Å². The van der Waals surface area contributed by atoms with E-state index >= 15 is 0 Å². The summed E-state index contributed by atoms with van der Waals surface area (Å²) in [6, 6.07) is 13.8. The largest absolute Gasteiger partial charge is 0.486 e. The maximum atomic E-state index is 11.3. The first kappa shape index (κ1) is 18.1. The molecule has 0 radical (unpaired) electrons. The van der Waals surface area contributed by atoms with Gasteiger partial charge in [0.05, 0.1) is 22.7 Å². The fraction of sp³-hybridized carbons (Fsp3) is 0.105. The number of carboxylic acids is 1. The summed E-state index contributed by atoms with van der Waals surface area (Å²) < 4.78 is 5.68. The summed E-state index contributed by atoms with van der Waals surface area (Å²) in [5, 5.41) is 12.6. The van der Waals surface area contributed by atoms with Gasteiger partial charge in [-0.15, -0.1) is 11.3 Å². The zero-order valence-corrected chi connectivity index (χ0v) is 15.4. The Morgan fingerprint density at radius 3 is 2.69 bits per heavy atom. The summed E-state index contributed by atoms with van der Waals surface area (Å²) in [4.78, 5) is 20.2. The van der Waals surface area contributed by atoms with Crippen LogP contribution in [0.25, 0.3) is 0 Å². The molecule has 1 aromatic heterocycles. The van der Waals surface area contributed by atoms with E-state index in [4.69, 9.17) is 16.3 Å². The van der Waals surface area contributed by atoms with Gasteiger partial charge in [0.1, 0.15) is 17.4 Å². The number of aromatic nitrogens is 1. The molecule has 0 unspecified atom stereocenters. The number of hydrogen-bond donors (Lipinski definition) is 1. The number of nitrogens with zero attached hydrogens (tertiary/aromatic N) is 2. The molecule has 0 saturated heterocycles. The summed E-state index contributed by atoms with van der Waals surface area (Å²) in [6.07, 6.45) is 0. The number of thiazole rings is 1. The Hall–Kier alpha value is -2.70. The van der Waals surface area contributed by atoms with Crippen LogP contribution in [0.4, 0.5) is 5.69 Å². The normalized spacial score (nSPS) is 11.4. The SMILES string of the molecule is C/C(=N\c1ccccc1C(=O)O)c1csc(COc2ccc(Cl)cc2)n1. The van der Waals surface area contributed by atoms with Crippen LogP contribution in [0.15, 0.2) is 58.9 Å². The van der Waals surface area contributed by atoms with Crippen molar-refractivity contribution in [3.8, 4) is 5.75 Å². The van der Waals surface area contributed by atoms with E-state index in [-0.39, 0.29) is 5.56 Å². The van der Waals surface area contributed by atoms with E-state index in [1.807, 2.05) is 5.38 Å². The van der Waals surface area contributed by atoms with Crippen molar-refractivity contribution in [2.24, 2.45) is 4.99 Å². The van der Waals surface area contributed by atoms with Crippen LogP contribution in [-0.4, -0.2) is 21.8 Å². The van der Waals surface area contributed by atoms with Crippen molar-refractivity contribution >= 4 is 40.3 Å². The second kappa shape index (κ2) is 8.12. The van der Waals surface area contributed by atoms with Gasteiger partial charge in [-0.05, 0) is 43.3 Å². The molecule has 0 spiro atoms. The fourth-order valence-electron chi connectivity index (χ4n) is 2.21. The Labute approximate surface area is 159 Å².